The van der Waals surface area contributed by atoms with Crippen LogP contribution in [0.5, 0.6) is 0 Å². The van der Waals surface area contributed by atoms with Gasteiger partial charge in [-0.25, -0.2) is 4.98 Å². The molecule has 16 heavy (non-hydrogen) atoms. The maximum atomic E-state index is 11.6. The number of amides is 1. The highest BCUT2D eigenvalue weighted by atomic mass is 35.5. The Balaban J connectivity index is 2.07. The molecule has 0 unspecified atom stereocenters. The summed E-state index contributed by atoms with van der Waals surface area (Å²) in [5, 5.41) is 2.89. The number of aromatic nitrogens is 1. The normalized spacial score (nSPS) is 14.4. The maximum absolute atomic E-state index is 11.6. The highest BCUT2D eigenvalue weighted by molar-refractivity contribution is 6.33. The van der Waals surface area contributed by atoms with Gasteiger partial charge in [-0.1, -0.05) is 11.6 Å². The van der Waals surface area contributed by atoms with Gasteiger partial charge < -0.3 is 14.8 Å². The Bertz CT molecular complexity index is 434. The molecule has 0 radical (unpaired) electrons. The summed E-state index contributed by atoms with van der Waals surface area (Å²) >= 11 is 5.84. The van der Waals surface area contributed by atoms with Crippen LogP contribution in [0.4, 0.5) is 5.82 Å². The molecule has 84 valence electrons. The van der Waals surface area contributed by atoms with Crippen molar-refractivity contribution in [3.05, 3.63) is 35.4 Å². The Morgan fingerprint density at radius 3 is 3.06 bits per heavy atom. The molecule has 0 fully saturated rings. The number of carbonyl (C=O) groups is 1. The van der Waals surface area contributed by atoms with Crippen molar-refractivity contribution in [2.24, 2.45) is 0 Å². The monoisotopic (exact) mass is 240 g/mol. The van der Waals surface area contributed by atoms with Gasteiger partial charge in [0.15, 0.2) is 5.82 Å². The topological polar surface area (TPSA) is 60.5 Å². The number of rotatable bonds is 2. The summed E-state index contributed by atoms with van der Waals surface area (Å²) in [5.41, 5.74) is 0. The fraction of sp³-hybridized carbons (Fsp3) is 0.200. The standard InChI is InChI=1S/C10H9ClN2O3/c11-7-2-1-3-12-9(7)13-10(14)8-6-15-4-5-16-8/h1-3,6H,4-5H2,(H,12,13,14). The van der Waals surface area contributed by atoms with Gasteiger partial charge in [-0.2, -0.15) is 0 Å². The number of nitrogens with one attached hydrogen (secondary N) is 1. The van der Waals surface area contributed by atoms with E-state index in [2.05, 4.69) is 10.3 Å². The maximum Gasteiger partial charge on any atom is 0.295 e. The lowest BCUT2D eigenvalue weighted by atomic mass is 10.4. The Morgan fingerprint density at radius 1 is 1.50 bits per heavy atom. The summed E-state index contributed by atoms with van der Waals surface area (Å²) < 4.78 is 10.1. The third kappa shape index (κ3) is 2.43. The Morgan fingerprint density at radius 2 is 2.38 bits per heavy atom. The van der Waals surface area contributed by atoms with Crippen molar-refractivity contribution in [3.8, 4) is 0 Å². The first-order chi connectivity index (χ1) is 7.77. The Kier molecular flexibility index (Phi) is 3.26. The number of hydrogen-bond acceptors (Lipinski definition) is 4. The minimum atomic E-state index is -0.430. The molecule has 6 heteroatoms. The lowest BCUT2D eigenvalue weighted by Crippen LogP contribution is -2.21. The minimum absolute atomic E-state index is 0.118. The van der Waals surface area contributed by atoms with Crippen LogP contribution >= 0.6 is 11.6 Å². The van der Waals surface area contributed by atoms with Crippen molar-refractivity contribution in [3.63, 3.8) is 0 Å². The zero-order chi connectivity index (χ0) is 11.4. The zero-order valence-corrected chi connectivity index (χ0v) is 9.03. The van der Waals surface area contributed by atoms with Gasteiger partial charge in [0, 0.05) is 6.20 Å². The van der Waals surface area contributed by atoms with Crippen LogP contribution in [0.3, 0.4) is 0 Å². The van der Waals surface area contributed by atoms with Crippen LogP contribution in [0.15, 0.2) is 30.4 Å². The van der Waals surface area contributed by atoms with Crippen molar-refractivity contribution >= 4 is 23.3 Å². The van der Waals surface area contributed by atoms with E-state index in [0.29, 0.717) is 24.1 Å². The number of halogens is 1. The van der Waals surface area contributed by atoms with E-state index >= 15 is 0 Å². The second-order valence-electron chi connectivity index (χ2n) is 2.99. The molecule has 0 aliphatic carbocycles. The molecule has 5 nitrogen and oxygen atoms in total. The summed E-state index contributed by atoms with van der Waals surface area (Å²) in [6.45, 7) is 0.802. The first kappa shape index (κ1) is 10.8. The molecule has 1 amide bonds. The van der Waals surface area contributed by atoms with E-state index in [1.165, 1.54) is 12.5 Å². The van der Waals surface area contributed by atoms with Crippen molar-refractivity contribution < 1.29 is 14.3 Å². The van der Waals surface area contributed by atoms with Crippen LogP contribution in [0, 0.1) is 0 Å². The highest BCUT2D eigenvalue weighted by Crippen LogP contribution is 2.18. The number of nitrogens with zero attached hydrogens (tertiary/aromatic N) is 1. The number of pyridine rings is 1. The van der Waals surface area contributed by atoms with Crippen molar-refractivity contribution in [1.29, 1.82) is 0 Å². The second kappa shape index (κ2) is 4.85. The van der Waals surface area contributed by atoms with Gasteiger partial charge in [0.2, 0.25) is 5.76 Å². The molecule has 0 aromatic carbocycles. The van der Waals surface area contributed by atoms with Crippen molar-refractivity contribution in [2.75, 3.05) is 18.5 Å². The third-order valence-electron chi connectivity index (χ3n) is 1.86. The molecule has 0 spiro atoms. The van der Waals surface area contributed by atoms with Gasteiger partial charge in [-0.3, -0.25) is 4.79 Å². The van der Waals surface area contributed by atoms with Gasteiger partial charge in [0.25, 0.3) is 5.91 Å². The quantitative estimate of drug-likeness (QED) is 0.852. The number of carbonyl (C=O) groups excluding carboxylic acids is 1. The van der Waals surface area contributed by atoms with Gasteiger partial charge in [0.05, 0.1) is 5.02 Å². The average molecular weight is 241 g/mol. The number of hydrogen-bond donors (Lipinski definition) is 1. The highest BCUT2D eigenvalue weighted by Gasteiger charge is 2.16. The number of anilines is 1. The Hall–Kier alpha value is -1.75. The van der Waals surface area contributed by atoms with Crippen LogP contribution < -0.4 is 5.32 Å². The van der Waals surface area contributed by atoms with Crippen molar-refractivity contribution in [2.45, 2.75) is 0 Å². The molecule has 0 bridgehead atoms. The van der Waals surface area contributed by atoms with E-state index in [0.717, 1.165) is 0 Å². The first-order valence-corrected chi connectivity index (χ1v) is 5.01. The molecule has 2 heterocycles. The van der Waals surface area contributed by atoms with Crippen LogP contribution in [0.2, 0.25) is 5.02 Å². The van der Waals surface area contributed by atoms with E-state index < -0.39 is 5.91 Å². The molecule has 0 atom stereocenters. The summed E-state index contributed by atoms with van der Waals surface area (Å²) in [6, 6.07) is 3.31. The van der Waals surface area contributed by atoms with E-state index in [-0.39, 0.29) is 5.76 Å². The predicted octanol–water partition coefficient (Wildman–Crippen LogP) is 1.56. The van der Waals surface area contributed by atoms with Crippen molar-refractivity contribution in [1.82, 2.24) is 4.98 Å². The lowest BCUT2D eigenvalue weighted by molar-refractivity contribution is -0.117. The van der Waals surface area contributed by atoms with E-state index in [4.69, 9.17) is 21.1 Å². The first-order valence-electron chi connectivity index (χ1n) is 4.64. The summed E-state index contributed by atoms with van der Waals surface area (Å²) in [6.07, 6.45) is 2.81. The zero-order valence-electron chi connectivity index (χ0n) is 8.27. The lowest BCUT2D eigenvalue weighted by Gasteiger charge is -2.14. The second-order valence-corrected chi connectivity index (χ2v) is 3.40. The SMILES string of the molecule is O=C(Nc1ncccc1Cl)C1=COCCO1. The number of ether oxygens (including phenoxy) is 2. The molecule has 1 aromatic heterocycles. The molecular formula is C10H9ClN2O3. The molecular weight excluding hydrogens is 232 g/mol. The molecule has 0 saturated carbocycles. The predicted molar refractivity (Wildman–Crippen MR) is 57.9 cm³/mol. The fourth-order valence-corrected chi connectivity index (χ4v) is 1.30. The summed E-state index contributed by atoms with van der Waals surface area (Å²) in [7, 11) is 0. The van der Waals surface area contributed by atoms with Gasteiger partial charge in [0.1, 0.15) is 19.5 Å². The smallest absolute Gasteiger partial charge is 0.295 e. The van der Waals surface area contributed by atoms with Crippen LogP contribution in [0.1, 0.15) is 0 Å². The van der Waals surface area contributed by atoms with Crippen LogP contribution in [0.25, 0.3) is 0 Å². The fourth-order valence-electron chi connectivity index (χ4n) is 1.13. The van der Waals surface area contributed by atoms with Gasteiger partial charge >= 0.3 is 0 Å². The Labute approximate surface area is 97.0 Å². The molecule has 1 aliphatic heterocycles. The molecule has 1 aliphatic rings. The summed E-state index contributed by atoms with van der Waals surface area (Å²) in [5.74, 6) is -0.0162. The largest absolute Gasteiger partial charge is 0.494 e. The third-order valence-corrected chi connectivity index (χ3v) is 2.17. The summed E-state index contributed by atoms with van der Waals surface area (Å²) in [4.78, 5) is 15.6. The van der Waals surface area contributed by atoms with E-state index in [1.54, 1.807) is 12.1 Å². The minimum Gasteiger partial charge on any atom is -0.494 e. The molecule has 0 saturated heterocycles. The molecule has 2 rings (SSSR count). The molecule has 1 aromatic rings. The van der Waals surface area contributed by atoms with E-state index in [1.807, 2.05) is 0 Å². The van der Waals surface area contributed by atoms with Crippen LogP contribution in [-0.4, -0.2) is 24.1 Å². The van der Waals surface area contributed by atoms with Gasteiger partial charge in [-0.05, 0) is 12.1 Å². The molecule has 1 N–H and O–H groups in total. The van der Waals surface area contributed by atoms with E-state index in [9.17, 15) is 4.79 Å². The average Bonchev–Trinajstić information content (AvgIpc) is 2.33. The van der Waals surface area contributed by atoms with Gasteiger partial charge in [-0.15, -0.1) is 0 Å². The van der Waals surface area contributed by atoms with Crippen LogP contribution in [-0.2, 0) is 14.3 Å².